The summed E-state index contributed by atoms with van der Waals surface area (Å²) in [5, 5.41) is 0. The van der Waals surface area contributed by atoms with Crippen LogP contribution in [0, 0.1) is 0 Å². The molecule has 0 saturated carbocycles. The molecule has 3 nitrogen and oxygen atoms in total. The van der Waals surface area contributed by atoms with E-state index >= 15 is 0 Å². The van der Waals surface area contributed by atoms with Crippen LogP contribution in [0.3, 0.4) is 0 Å². The molecule has 2 saturated heterocycles. The molecule has 0 aromatic heterocycles. The van der Waals surface area contributed by atoms with E-state index in [0.29, 0.717) is 0 Å². The Kier molecular flexibility index (Phi) is 6.33. The summed E-state index contributed by atoms with van der Waals surface area (Å²) in [6.45, 7) is 9.67. The lowest BCUT2D eigenvalue weighted by atomic mass is 10.2. The topological polar surface area (TPSA) is 9.72 Å². The van der Waals surface area contributed by atoms with Crippen LogP contribution in [0.5, 0.6) is 0 Å². The first kappa shape index (κ1) is 17.2. The van der Waals surface area contributed by atoms with Gasteiger partial charge in [0.25, 0.3) is 0 Å². The highest BCUT2D eigenvalue weighted by atomic mass is 31.2. The van der Waals surface area contributed by atoms with Gasteiger partial charge in [-0.3, -0.25) is 4.67 Å². The van der Waals surface area contributed by atoms with Crippen LogP contribution in [0.25, 0.3) is 0 Å². The molecule has 1 aromatic carbocycles. The van der Waals surface area contributed by atoms with Gasteiger partial charge in [-0.25, -0.2) is 4.67 Å². The number of para-hydroxylation sites is 1. The highest BCUT2D eigenvalue weighted by Gasteiger charge is 2.45. The molecule has 0 radical (unpaired) electrons. The largest absolute Gasteiger partial charge is 0.324 e. The third-order valence-corrected chi connectivity index (χ3v) is 7.74. The molecule has 0 amide bonds. The number of nitrogens with zero attached hydrogens (tertiary/aromatic N) is 3. The van der Waals surface area contributed by atoms with Gasteiger partial charge in [-0.1, -0.05) is 44.9 Å². The predicted octanol–water partition coefficient (Wildman–Crippen LogP) is 5.10. The van der Waals surface area contributed by atoms with Crippen molar-refractivity contribution in [3.8, 4) is 0 Å². The van der Waals surface area contributed by atoms with Crippen molar-refractivity contribution in [3.05, 3.63) is 30.3 Å². The third kappa shape index (κ3) is 3.90. The van der Waals surface area contributed by atoms with Gasteiger partial charge < -0.3 is 4.67 Å². The van der Waals surface area contributed by atoms with Gasteiger partial charge in [0, 0.05) is 37.9 Å². The van der Waals surface area contributed by atoms with Crippen molar-refractivity contribution in [2.45, 2.75) is 58.4 Å². The van der Waals surface area contributed by atoms with E-state index in [0.717, 1.165) is 6.04 Å². The SMILES string of the molecule is CCCCN(CCCC)[P@]1N(c2ccccc2)C[C@@H]2CCCN21. The molecule has 2 aliphatic heterocycles. The molecule has 3 rings (SSSR count). The molecule has 128 valence electrons. The molecule has 2 heterocycles. The monoisotopic (exact) mass is 333 g/mol. The maximum absolute atomic E-state index is 2.84. The zero-order valence-electron chi connectivity index (χ0n) is 14.8. The second-order valence-electron chi connectivity index (χ2n) is 6.81. The average molecular weight is 333 g/mol. The van der Waals surface area contributed by atoms with Crippen LogP contribution in [0.15, 0.2) is 30.3 Å². The third-order valence-electron chi connectivity index (χ3n) is 5.02. The van der Waals surface area contributed by atoms with Gasteiger partial charge in [-0.05, 0) is 37.8 Å². The molecule has 1 aromatic rings. The molecule has 0 aliphatic carbocycles. The van der Waals surface area contributed by atoms with Crippen molar-refractivity contribution in [2.75, 3.05) is 30.8 Å². The fourth-order valence-electron chi connectivity index (χ4n) is 3.75. The van der Waals surface area contributed by atoms with Crippen molar-refractivity contribution in [1.82, 2.24) is 9.34 Å². The zero-order valence-corrected chi connectivity index (χ0v) is 15.7. The minimum Gasteiger partial charge on any atom is -0.324 e. The Balaban J connectivity index is 1.82. The van der Waals surface area contributed by atoms with Crippen molar-refractivity contribution in [3.63, 3.8) is 0 Å². The van der Waals surface area contributed by atoms with E-state index in [1.165, 1.54) is 70.4 Å². The number of anilines is 1. The quantitative estimate of drug-likeness (QED) is 0.613. The van der Waals surface area contributed by atoms with E-state index in [9.17, 15) is 0 Å². The second-order valence-corrected chi connectivity index (χ2v) is 8.90. The second kappa shape index (κ2) is 8.46. The standard InChI is InChI=1S/C19H32N3P/c1-3-5-14-20(15-6-4-2)23-21-16-10-13-19(21)17-22(23)18-11-8-7-9-12-18/h7-9,11-12,19H,3-6,10,13-17H2,1-2H3/t19-,23-/m0/s1. The number of unbranched alkanes of at least 4 members (excludes halogenated alkanes) is 2. The Bertz CT molecular complexity index is 459. The lowest BCUT2D eigenvalue weighted by molar-refractivity contribution is 0.385. The van der Waals surface area contributed by atoms with Crippen LogP contribution >= 0.6 is 8.37 Å². The van der Waals surface area contributed by atoms with E-state index in [4.69, 9.17) is 0 Å². The number of hydrogen-bond donors (Lipinski definition) is 0. The molecule has 2 aliphatic rings. The average Bonchev–Trinajstić information content (AvgIpc) is 3.17. The molecular formula is C19H32N3P. The first-order valence-electron chi connectivity index (χ1n) is 9.49. The van der Waals surface area contributed by atoms with Gasteiger partial charge in [0.1, 0.15) is 8.37 Å². The summed E-state index contributed by atoms with van der Waals surface area (Å²) < 4.78 is 8.39. The van der Waals surface area contributed by atoms with Crippen molar-refractivity contribution in [2.24, 2.45) is 0 Å². The highest BCUT2D eigenvalue weighted by Crippen LogP contribution is 2.58. The van der Waals surface area contributed by atoms with E-state index < -0.39 is 0 Å². The van der Waals surface area contributed by atoms with Gasteiger partial charge in [0.2, 0.25) is 0 Å². The van der Waals surface area contributed by atoms with Crippen LogP contribution in [-0.4, -0.2) is 41.6 Å². The van der Waals surface area contributed by atoms with E-state index in [-0.39, 0.29) is 8.37 Å². The number of hydrogen-bond acceptors (Lipinski definition) is 3. The summed E-state index contributed by atoms with van der Waals surface area (Å²) in [6.07, 6.45) is 8.01. The summed E-state index contributed by atoms with van der Waals surface area (Å²) >= 11 is 0. The molecule has 0 bridgehead atoms. The maximum atomic E-state index is 2.84. The van der Waals surface area contributed by atoms with Crippen LogP contribution in [0.2, 0.25) is 0 Å². The summed E-state index contributed by atoms with van der Waals surface area (Å²) in [7, 11) is -0.312. The van der Waals surface area contributed by atoms with E-state index in [1.54, 1.807) is 0 Å². The first-order chi connectivity index (χ1) is 11.3. The maximum Gasteiger partial charge on any atom is 0.149 e. The Morgan fingerprint density at radius 1 is 1.09 bits per heavy atom. The molecule has 2 fully saturated rings. The lowest BCUT2D eigenvalue weighted by Crippen LogP contribution is -2.31. The van der Waals surface area contributed by atoms with E-state index in [2.05, 4.69) is 58.2 Å². The lowest BCUT2D eigenvalue weighted by Gasteiger charge is -2.39. The van der Waals surface area contributed by atoms with Crippen LogP contribution in [-0.2, 0) is 0 Å². The molecule has 4 heteroatoms. The Morgan fingerprint density at radius 2 is 1.78 bits per heavy atom. The minimum atomic E-state index is -0.312. The molecule has 0 unspecified atom stereocenters. The molecular weight excluding hydrogens is 301 g/mol. The Morgan fingerprint density at radius 3 is 2.43 bits per heavy atom. The smallest absolute Gasteiger partial charge is 0.149 e. The normalized spacial score (nSPS) is 24.6. The van der Waals surface area contributed by atoms with Crippen molar-refractivity contribution >= 4 is 14.1 Å². The van der Waals surface area contributed by atoms with E-state index in [1.807, 2.05) is 0 Å². The van der Waals surface area contributed by atoms with Gasteiger partial charge in [-0.15, -0.1) is 0 Å². The molecule has 23 heavy (non-hydrogen) atoms. The highest BCUT2D eigenvalue weighted by molar-refractivity contribution is 7.54. The van der Waals surface area contributed by atoms with Gasteiger partial charge in [0.05, 0.1) is 0 Å². The number of rotatable bonds is 8. The minimum absolute atomic E-state index is 0.312. The van der Waals surface area contributed by atoms with Crippen LogP contribution in [0.4, 0.5) is 5.69 Å². The Hall–Kier alpha value is -0.630. The van der Waals surface area contributed by atoms with Crippen LogP contribution in [0.1, 0.15) is 52.4 Å². The fraction of sp³-hybridized carbons (Fsp3) is 0.684. The summed E-state index contributed by atoms with van der Waals surface area (Å²) in [5.41, 5.74) is 1.42. The molecule has 2 atom stereocenters. The number of fused-ring (bicyclic) bond motifs is 1. The van der Waals surface area contributed by atoms with Gasteiger partial charge in [-0.2, -0.15) is 0 Å². The van der Waals surface area contributed by atoms with Gasteiger partial charge >= 0.3 is 0 Å². The summed E-state index contributed by atoms with van der Waals surface area (Å²) in [5.74, 6) is 0. The number of benzene rings is 1. The van der Waals surface area contributed by atoms with Gasteiger partial charge in [0.15, 0.2) is 0 Å². The first-order valence-corrected chi connectivity index (χ1v) is 10.7. The zero-order chi connectivity index (χ0) is 16.1. The Labute approximate surface area is 143 Å². The summed E-state index contributed by atoms with van der Waals surface area (Å²) in [4.78, 5) is 0. The summed E-state index contributed by atoms with van der Waals surface area (Å²) in [6, 6.07) is 11.9. The van der Waals surface area contributed by atoms with Crippen molar-refractivity contribution in [1.29, 1.82) is 0 Å². The van der Waals surface area contributed by atoms with Crippen molar-refractivity contribution < 1.29 is 0 Å². The fourth-order valence-corrected chi connectivity index (χ4v) is 6.77. The predicted molar refractivity (Wildman–Crippen MR) is 102 cm³/mol. The molecule has 0 N–H and O–H groups in total. The van der Waals surface area contributed by atoms with Crippen LogP contribution < -0.4 is 4.67 Å². The molecule has 0 spiro atoms.